The first-order valence-electron chi connectivity index (χ1n) is 14.1. The van der Waals surface area contributed by atoms with Crippen molar-refractivity contribution in [3.8, 4) is 56.7 Å². The fourth-order valence-corrected chi connectivity index (χ4v) is 5.31. The first-order valence-corrected chi connectivity index (χ1v) is 14.1. The molecule has 0 unspecified atom stereocenters. The molecule has 0 amide bonds. The van der Waals surface area contributed by atoms with Gasteiger partial charge in [-0.1, -0.05) is 109 Å². The maximum atomic E-state index is 6.02. The zero-order valence-electron chi connectivity index (χ0n) is 23.1. The van der Waals surface area contributed by atoms with Gasteiger partial charge in [-0.25, -0.2) is 19.9 Å². The lowest BCUT2D eigenvalue weighted by atomic mass is 9.99. The summed E-state index contributed by atoms with van der Waals surface area (Å²) in [4.78, 5) is 19.3. The van der Waals surface area contributed by atoms with Crippen LogP contribution in [0.15, 0.2) is 150 Å². The minimum absolute atomic E-state index is 0.628. The Labute approximate surface area is 248 Å². The predicted octanol–water partition coefficient (Wildman–Crippen LogP) is 9.50. The molecule has 2 aromatic heterocycles. The number of rotatable bonds is 5. The highest BCUT2D eigenvalue weighted by molar-refractivity contribution is 5.91. The average molecular weight is 553 g/mol. The minimum Gasteiger partial charge on any atom is -0.436 e. The molecule has 5 nitrogen and oxygen atoms in total. The molecule has 0 atom stereocenters. The van der Waals surface area contributed by atoms with E-state index in [4.69, 9.17) is 24.4 Å². The summed E-state index contributed by atoms with van der Waals surface area (Å²) in [6.45, 7) is 0. The van der Waals surface area contributed by atoms with Crippen molar-refractivity contribution in [1.82, 2.24) is 19.9 Å². The van der Waals surface area contributed by atoms with Crippen molar-refractivity contribution < 1.29 is 4.42 Å². The van der Waals surface area contributed by atoms with Crippen LogP contribution in [0.2, 0.25) is 0 Å². The lowest BCUT2D eigenvalue weighted by Gasteiger charge is -2.10. The summed E-state index contributed by atoms with van der Waals surface area (Å²) >= 11 is 0. The van der Waals surface area contributed by atoms with Crippen LogP contribution in [0.5, 0.6) is 0 Å². The molecule has 0 saturated heterocycles. The summed E-state index contributed by atoms with van der Waals surface area (Å²) in [5.41, 5.74) is 7.62. The number of aromatic nitrogens is 4. The summed E-state index contributed by atoms with van der Waals surface area (Å²) in [5.74, 6) is 2.57. The van der Waals surface area contributed by atoms with Crippen molar-refractivity contribution in [3.05, 3.63) is 146 Å². The highest BCUT2D eigenvalue weighted by Gasteiger charge is 2.13. The lowest BCUT2D eigenvalue weighted by molar-refractivity contribution is 0.620. The molecule has 43 heavy (non-hydrogen) atoms. The Hall–Kier alpha value is -5.94. The largest absolute Gasteiger partial charge is 0.436 e. The van der Waals surface area contributed by atoms with Gasteiger partial charge in [0, 0.05) is 22.3 Å². The normalized spacial score (nSPS) is 11.3. The molecule has 5 heteroatoms. The zero-order chi connectivity index (χ0) is 28.6. The predicted molar refractivity (Wildman–Crippen MR) is 172 cm³/mol. The second-order valence-corrected chi connectivity index (χ2v) is 10.4. The second kappa shape index (κ2) is 10.5. The monoisotopic (exact) mass is 552 g/mol. The maximum Gasteiger partial charge on any atom is 0.227 e. The van der Waals surface area contributed by atoms with Crippen LogP contribution in [0.3, 0.4) is 0 Å². The van der Waals surface area contributed by atoms with Crippen molar-refractivity contribution in [3.63, 3.8) is 0 Å². The zero-order valence-corrected chi connectivity index (χ0v) is 23.1. The van der Waals surface area contributed by atoms with Crippen molar-refractivity contribution in [2.75, 3.05) is 0 Å². The molecule has 8 rings (SSSR count). The molecule has 0 aliphatic rings. The first-order chi connectivity index (χ1) is 21.3. The summed E-state index contributed by atoms with van der Waals surface area (Å²) in [5, 5.41) is 2.24. The molecule has 0 fully saturated rings. The third-order valence-corrected chi connectivity index (χ3v) is 7.54. The molecule has 8 aromatic rings. The van der Waals surface area contributed by atoms with E-state index in [0.717, 1.165) is 55.3 Å². The number of fused-ring (bicyclic) bond motifs is 2. The number of hydrogen-bond donors (Lipinski definition) is 0. The first kappa shape index (κ1) is 24.8. The van der Waals surface area contributed by atoms with Crippen molar-refractivity contribution >= 4 is 21.9 Å². The molecule has 0 bridgehead atoms. The van der Waals surface area contributed by atoms with Gasteiger partial charge in [0.25, 0.3) is 0 Å². The quantitative estimate of drug-likeness (QED) is 0.213. The maximum absolute atomic E-state index is 6.02. The third kappa shape index (κ3) is 4.83. The molecule has 0 saturated carbocycles. The highest BCUT2D eigenvalue weighted by atomic mass is 16.3. The van der Waals surface area contributed by atoms with Gasteiger partial charge in [-0.05, 0) is 58.3 Å². The summed E-state index contributed by atoms with van der Waals surface area (Å²) in [6, 6.07) is 49.0. The molecule has 0 aliphatic heterocycles. The standard InChI is InChI=1S/C38H24N4O/c1-4-10-25(11-5-1)35-40-36(26-12-6-2-7-13-26)42-37(41-35)32-19-18-28-22-29(16-17-30(28)23-32)31-20-21-34-33(24-31)39-38(43-34)27-14-8-3-9-15-27/h1-24H. The Morgan fingerprint density at radius 1 is 0.349 bits per heavy atom. The van der Waals surface area contributed by atoms with Crippen LogP contribution in [0.25, 0.3) is 78.6 Å². The lowest BCUT2D eigenvalue weighted by Crippen LogP contribution is -2.00. The van der Waals surface area contributed by atoms with Gasteiger partial charge in [-0.15, -0.1) is 0 Å². The molecule has 6 aromatic carbocycles. The Morgan fingerprint density at radius 2 is 0.814 bits per heavy atom. The van der Waals surface area contributed by atoms with Gasteiger partial charge in [-0.2, -0.15) is 0 Å². The second-order valence-electron chi connectivity index (χ2n) is 10.4. The van der Waals surface area contributed by atoms with Gasteiger partial charge >= 0.3 is 0 Å². The van der Waals surface area contributed by atoms with Crippen molar-refractivity contribution in [2.24, 2.45) is 0 Å². The van der Waals surface area contributed by atoms with E-state index in [1.165, 1.54) is 0 Å². The molecule has 0 aliphatic carbocycles. The summed E-state index contributed by atoms with van der Waals surface area (Å²) in [6.07, 6.45) is 0. The fraction of sp³-hybridized carbons (Fsp3) is 0. The van der Waals surface area contributed by atoms with E-state index in [2.05, 4.69) is 48.5 Å². The molecule has 202 valence electrons. The average Bonchev–Trinajstić information content (AvgIpc) is 3.53. The van der Waals surface area contributed by atoms with E-state index in [9.17, 15) is 0 Å². The third-order valence-electron chi connectivity index (χ3n) is 7.54. The topological polar surface area (TPSA) is 64.7 Å². The van der Waals surface area contributed by atoms with Crippen LogP contribution in [0.4, 0.5) is 0 Å². The minimum atomic E-state index is 0.628. The van der Waals surface area contributed by atoms with Crippen LogP contribution >= 0.6 is 0 Å². The SMILES string of the molecule is c1ccc(-c2nc(-c3ccccc3)nc(-c3ccc4cc(-c5ccc6oc(-c7ccccc7)nc6c5)ccc4c3)n2)cc1. The van der Waals surface area contributed by atoms with Gasteiger partial charge in [0.15, 0.2) is 23.1 Å². The summed E-state index contributed by atoms with van der Waals surface area (Å²) < 4.78 is 6.02. The highest BCUT2D eigenvalue weighted by Crippen LogP contribution is 2.32. The molecule has 0 spiro atoms. The summed E-state index contributed by atoms with van der Waals surface area (Å²) in [7, 11) is 0. The Kier molecular flexibility index (Phi) is 6.05. The number of oxazole rings is 1. The van der Waals surface area contributed by atoms with Crippen molar-refractivity contribution in [1.29, 1.82) is 0 Å². The van der Waals surface area contributed by atoms with Gasteiger partial charge in [-0.3, -0.25) is 0 Å². The van der Waals surface area contributed by atoms with Gasteiger partial charge in [0.1, 0.15) is 5.52 Å². The van der Waals surface area contributed by atoms with Crippen LogP contribution in [0, 0.1) is 0 Å². The van der Waals surface area contributed by atoms with E-state index in [0.29, 0.717) is 23.4 Å². The van der Waals surface area contributed by atoms with E-state index in [1.807, 2.05) is 97.1 Å². The molecular weight excluding hydrogens is 528 g/mol. The van der Waals surface area contributed by atoms with Crippen molar-refractivity contribution in [2.45, 2.75) is 0 Å². The Bertz CT molecular complexity index is 2170. The molecule has 0 N–H and O–H groups in total. The van der Waals surface area contributed by atoms with Gasteiger partial charge in [0.05, 0.1) is 0 Å². The van der Waals surface area contributed by atoms with Crippen LogP contribution < -0.4 is 0 Å². The Morgan fingerprint density at radius 3 is 1.42 bits per heavy atom. The van der Waals surface area contributed by atoms with E-state index < -0.39 is 0 Å². The fourth-order valence-electron chi connectivity index (χ4n) is 5.31. The van der Waals surface area contributed by atoms with Crippen LogP contribution in [0.1, 0.15) is 0 Å². The molecule has 0 radical (unpaired) electrons. The van der Waals surface area contributed by atoms with E-state index >= 15 is 0 Å². The van der Waals surface area contributed by atoms with Crippen LogP contribution in [-0.2, 0) is 0 Å². The number of nitrogens with zero attached hydrogens (tertiary/aromatic N) is 4. The van der Waals surface area contributed by atoms with Gasteiger partial charge < -0.3 is 4.42 Å². The van der Waals surface area contributed by atoms with Crippen LogP contribution in [-0.4, -0.2) is 19.9 Å². The molecular formula is C38H24N4O. The van der Waals surface area contributed by atoms with Gasteiger partial charge in [0.2, 0.25) is 5.89 Å². The van der Waals surface area contributed by atoms with E-state index in [-0.39, 0.29) is 0 Å². The number of hydrogen-bond acceptors (Lipinski definition) is 5. The number of benzene rings is 6. The Balaban J connectivity index is 1.16. The van der Waals surface area contributed by atoms with E-state index in [1.54, 1.807) is 0 Å². The smallest absolute Gasteiger partial charge is 0.227 e. The molecule has 2 heterocycles.